The van der Waals surface area contributed by atoms with Gasteiger partial charge in [0.2, 0.25) is 5.91 Å². The van der Waals surface area contributed by atoms with E-state index in [1.165, 1.54) is 15.9 Å². The lowest BCUT2D eigenvalue weighted by molar-refractivity contribution is -0.117. The van der Waals surface area contributed by atoms with Crippen LogP contribution in [0.5, 0.6) is 0 Å². The Hall–Kier alpha value is -3.22. The van der Waals surface area contributed by atoms with Gasteiger partial charge in [-0.2, -0.15) is 0 Å². The van der Waals surface area contributed by atoms with Crippen LogP contribution in [0.2, 0.25) is 0 Å². The molecule has 0 aliphatic carbocycles. The average molecular weight is 395 g/mol. The molecule has 0 unspecified atom stereocenters. The molecule has 3 heteroatoms. The van der Waals surface area contributed by atoms with E-state index in [9.17, 15) is 4.79 Å². The molecule has 0 radical (unpaired) electrons. The van der Waals surface area contributed by atoms with Gasteiger partial charge in [0, 0.05) is 0 Å². The highest BCUT2D eigenvalue weighted by atomic mass is 31.1. The van der Waals surface area contributed by atoms with Gasteiger partial charge in [-0.15, -0.1) is 0 Å². The molecule has 0 bridgehead atoms. The lowest BCUT2D eigenvalue weighted by Crippen LogP contribution is -2.26. The SMILES string of the molecule is NC(=O)Cc1c(-c2ccccc2)cccc1P(c1ccccc1)c1ccccc1. The number of carbonyl (C=O) groups is 1. The first-order valence-corrected chi connectivity index (χ1v) is 10.9. The second kappa shape index (κ2) is 8.86. The molecular formula is C26H22NOP. The lowest BCUT2D eigenvalue weighted by Gasteiger charge is -2.24. The van der Waals surface area contributed by atoms with Crippen molar-refractivity contribution in [3.05, 3.63) is 115 Å². The van der Waals surface area contributed by atoms with Gasteiger partial charge in [0.1, 0.15) is 0 Å². The first-order valence-electron chi connectivity index (χ1n) is 9.60. The molecule has 142 valence electrons. The molecule has 0 aliphatic rings. The zero-order valence-corrected chi connectivity index (χ0v) is 16.9. The van der Waals surface area contributed by atoms with Gasteiger partial charge < -0.3 is 5.73 Å². The first kappa shape index (κ1) is 19.1. The van der Waals surface area contributed by atoms with E-state index >= 15 is 0 Å². The van der Waals surface area contributed by atoms with Gasteiger partial charge in [-0.1, -0.05) is 109 Å². The van der Waals surface area contributed by atoms with Crippen LogP contribution >= 0.6 is 7.92 Å². The fourth-order valence-electron chi connectivity index (χ4n) is 3.61. The van der Waals surface area contributed by atoms with Crippen molar-refractivity contribution in [1.29, 1.82) is 0 Å². The van der Waals surface area contributed by atoms with Gasteiger partial charge in [0.15, 0.2) is 0 Å². The van der Waals surface area contributed by atoms with Crippen LogP contribution in [-0.4, -0.2) is 5.91 Å². The second-order valence-corrected chi connectivity index (χ2v) is 9.00. The summed E-state index contributed by atoms with van der Waals surface area (Å²) in [5.74, 6) is -0.314. The fraction of sp³-hybridized carbons (Fsp3) is 0.0385. The normalized spacial score (nSPS) is 10.8. The van der Waals surface area contributed by atoms with E-state index in [1.54, 1.807) is 0 Å². The summed E-state index contributed by atoms with van der Waals surface area (Å²) in [5, 5.41) is 3.69. The average Bonchev–Trinajstić information content (AvgIpc) is 2.77. The summed E-state index contributed by atoms with van der Waals surface area (Å²) < 4.78 is 0. The summed E-state index contributed by atoms with van der Waals surface area (Å²) in [6, 6.07) is 37.6. The highest BCUT2D eigenvalue weighted by molar-refractivity contribution is 7.79. The number of rotatable bonds is 6. The second-order valence-electron chi connectivity index (χ2n) is 6.82. The molecule has 0 saturated carbocycles. The Morgan fingerprint density at radius 3 is 1.69 bits per heavy atom. The van der Waals surface area contributed by atoms with Crippen LogP contribution < -0.4 is 21.6 Å². The standard InChI is InChI=1S/C26H22NOP/c27-26(28)19-24-23(20-11-4-1-5-12-20)17-10-18-25(24)29(21-13-6-2-7-14-21)22-15-8-3-9-16-22/h1-18H,19H2,(H2,27,28). The molecular weight excluding hydrogens is 373 g/mol. The van der Waals surface area contributed by atoms with Crippen LogP contribution in [-0.2, 0) is 11.2 Å². The van der Waals surface area contributed by atoms with Gasteiger partial charge in [0.25, 0.3) is 0 Å². The van der Waals surface area contributed by atoms with Gasteiger partial charge in [-0.05, 0) is 40.5 Å². The van der Waals surface area contributed by atoms with Crippen LogP contribution in [0.4, 0.5) is 0 Å². The smallest absolute Gasteiger partial charge is 0.221 e. The molecule has 4 aromatic rings. The van der Waals surface area contributed by atoms with E-state index in [4.69, 9.17) is 5.73 Å². The van der Waals surface area contributed by atoms with Crippen LogP contribution in [0.15, 0.2) is 109 Å². The predicted molar refractivity (Wildman–Crippen MR) is 123 cm³/mol. The lowest BCUT2D eigenvalue weighted by atomic mass is 9.97. The zero-order chi connectivity index (χ0) is 20.1. The van der Waals surface area contributed by atoms with Gasteiger partial charge >= 0.3 is 0 Å². The quantitative estimate of drug-likeness (QED) is 0.490. The summed E-state index contributed by atoms with van der Waals surface area (Å²) in [4.78, 5) is 12.0. The molecule has 29 heavy (non-hydrogen) atoms. The van der Waals surface area contributed by atoms with Crippen molar-refractivity contribution in [2.45, 2.75) is 6.42 Å². The minimum absolute atomic E-state index is 0.221. The molecule has 0 heterocycles. The number of nitrogens with two attached hydrogens (primary N) is 1. The largest absolute Gasteiger partial charge is 0.369 e. The third kappa shape index (κ3) is 4.29. The molecule has 1 amide bonds. The van der Waals surface area contributed by atoms with Gasteiger partial charge in [0.05, 0.1) is 6.42 Å². The first-order chi connectivity index (χ1) is 14.2. The molecule has 0 aliphatic heterocycles. The molecule has 2 N–H and O–H groups in total. The Bertz CT molecular complexity index is 1060. The van der Waals surface area contributed by atoms with Gasteiger partial charge in [-0.25, -0.2) is 0 Å². The van der Waals surface area contributed by atoms with Crippen molar-refractivity contribution in [1.82, 2.24) is 0 Å². The number of carbonyl (C=O) groups excluding carboxylic acids is 1. The maximum Gasteiger partial charge on any atom is 0.221 e. The number of hydrogen-bond donors (Lipinski definition) is 1. The molecule has 4 aromatic carbocycles. The Balaban J connectivity index is 1.96. The van der Waals surface area contributed by atoms with Crippen LogP contribution in [0.25, 0.3) is 11.1 Å². The van der Waals surface area contributed by atoms with Crippen molar-refractivity contribution in [2.24, 2.45) is 5.73 Å². The highest BCUT2D eigenvalue weighted by Gasteiger charge is 2.22. The molecule has 0 fully saturated rings. The number of benzene rings is 4. The summed E-state index contributed by atoms with van der Waals surface area (Å²) in [6.07, 6.45) is 0.221. The Kier molecular flexibility index (Phi) is 5.84. The number of amides is 1. The molecule has 0 aromatic heterocycles. The Morgan fingerprint density at radius 2 is 1.17 bits per heavy atom. The predicted octanol–water partition coefficient (Wildman–Crippen LogP) is 4.14. The highest BCUT2D eigenvalue weighted by Crippen LogP contribution is 2.37. The van der Waals surface area contributed by atoms with Crippen LogP contribution in [0, 0.1) is 0 Å². The maximum absolute atomic E-state index is 12.0. The van der Waals surface area contributed by atoms with E-state index in [0.717, 1.165) is 16.7 Å². The summed E-state index contributed by atoms with van der Waals surface area (Å²) in [5.41, 5.74) is 8.87. The van der Waals surface area contributed by atoms with E-state index in [2.05, 4.69) is 78.9 Å². The third-order valence-corrected chi connectivity index (χ3v) is 7.39. The number of hydrogen-bond acceptors (Lipinski definition) is 1. The maximum atomic E-state index is 12.0. The minimum Gasteiger partial charge on any atom is -0.369 e. The molecule has 2 nitrogen and oxygen atoms in total. The zero-order valence-electron chi connectivity index (χ0n) is 16.0. The van der Waals surface area contributed by atoms with E-state index in [1.807, 2.05) is 30.3 Å². The third-order valence-electron chi connectivity index (χ3n) is 4.86. The van der Waals surface area contributed by atoms with Crippen molar-refractivity contribution in [2.75, 3.05) is 0 Å². The Morgan fingerprint density at radius 1 is 0.655 bits per heavy atom. The fourth-order valence-corrected chi connectivity index (χ4v) is 6.11. The molecule has 4 rings (SSSR count). The molecule has 0 saturated heterocycles. The topological polar surface area (TPSA) is 43.1 Å². The van der Waals surface area contributed by atoms with Crippen LogP contribution in [0.3, 0.4) is 0 Å². The van der Waals surface area contributed by atoms with Crippen molar-refractivity contribution in [3.8, 4) is 11.1 Å². The molecule has 0 spiro atoms. The monoisotopic (exact) mass is 395 g/mol. The molecule has 0 atom stereocenters. The van der Waals surface area contributed by atoms with Crippen molar-refractivity contribution < 1.29 is 4.79 Å². The summed E-state index contributed by atoms with van der Waals surface area (Å²) in [6.45, 7) is 0. The number of primary amides is 1. The van der Waals surface area contributed by atoms with E-state index in [0.29, 0.717) is 0 Å². The summed E-state index contributed by atoms with van der Waals surface area (Å²) >= 11 is 0. The van der Waals surface area contributed by atoms with E-state index in [-0.39, 0.29) is 12.3 Å². The van der Waals surface area contributed by atoms with Crippen LogP contribution in [0.1, 0.15) is 5.56 Å². The summed E-state index contributed by atoms with van der Waals surface area (Å²) in [7, 11) is -0.812. The van der Waals surface area contributed by atoms with Gasteiger partial charge in [-0.3, -0.25) is 4.79 Å². The minimum atomic E-state index is -0.812. The van der Waals surface area contributed by atoms with Crippen molar-refractivity contribution >= 4 is 29.7 Å². The Labute approximate surface area is 172 Å². The van der Waals surface area contributed by atoms with Crippen molar-refractivity contribution in [3.63, 3.8) is 0 Å². The van der Waals surface area contributed by atoms with E-state index < -0.39 is 7.92 Å².